The molecule has 0 bridgehead atoms. The topological polar surface area (TPSA) is 69.7 Å². The van der Waals surface area contributed by atoms with Crippen molar-refractivity contribution in [3.05, 3.63) is 59.9 Å². The first kappa shape index (κ1) is 17.6. The molecule has 1 heterocycles. The lowest BCUT2D eigenvalue weighted by molar-refractivity contribution is -0.130. The zero-order chi connectivity index (χ0) is 18.8. The standard InChI is InChI=1S/C19H18FN3O3/c1-12-3-9-16(10-4-12)23-13(2)18(25)22(19(23)26)11-17(24)21-15-7-5-14(20)6-8-15/h3-10,13H,11H2,1-2H3,(H,21,24)/t13-/m0/s1. The molecule has 0 aromatic heterocycles. The van der Waals surface area contributed by atoms with Gasteiger partial charge in [0.05, 0.1) is 0 Å². The van der Waals surface area contributed by atoms with E-state index in [4.69, 9.17) is 0 Å². The van der Waals surface area contributed by atoms with E-state index in [-0.39, 0.29) is 0 Å². The molecule has 2 aromatic carbocycles. The van der Waals surface area contributed by atoms with Gasteiger partial charge in [0.15, 0.2) is 0 Å². The van der Waals surface area contributed by atoms with Crippen LogP contribution in [0, 0.1) is 12.7 Å². The van der Waals surface area contributed by atoms with Crippen LogP contribution in [0.4, 0.5) is 20.6 Å². The molecule has 0 unspecified atom stereocenters. The van der Waals surface area contributed by atoms with Crippen LogP contribution in [0.1, 0.15) is 12.5 Å². The van der Waals surface area contributed by atoms with E-state index >= 15 is 0 Å². The third-order valence-electron chi connectivity index (χ3n) is 4.19. The number of urea groups is 1. The number of benzene rings is 2. The largest absolute Gasteiger partial charge is 0.332 e. The zero-order valence-corrected chi connectivity index (χ0v) is 14.4. The number of imide groups is 1. The highest BCUT2D eigenvalue weighted by Crippen LogP contribution is 2.26. The normalized spacial score (nSPS) is 17.0. The molecule has 0 aliphatic carbocycles. The summed E-state index contributed by atoms with van der Waals surface area (Å²) in [6.45, 7) is 3.15. The first-order valence-electron chi connectivity index (χ1n) is 8.13. The van der Waals surface area contributed by atoms with E-state index in [1.54, 1.807) is 19.1 Å². The van der Waals surface area contributed by atoms with Gasteiger partial charge in [0.1, 0.15) is 18.4 Å². The van der Waals surface area contributed by atoms with Crippen molar-refractivity contribution in [2.75, 3.05) is 16.8 Å². The molecule has 0 spiro atoms. The fraction of sp³-hybridized carbons (Fsp3) is 0.211. The summed E-state index contributed by atoms with van der Waals surface area (Å²) in [5.74, 6) is -1.39. The number of anilines is 2. The summed E-state index contributed by atoms with van der Waals surface area (Å²) in [5, 5.41) is 2.54. The van der Waals surface area contributed by atoms with E-state index in [0.29, 0.717) is 11.4 Å². The molecule has 1 aliphatic heterocycles. The minimum atomic E-state index is -0.691. The van der Waals surface area contributed by atoms with Crippen LogP contribution in [0.5, 0.6) is 0 Å². The molecule has 6 nitrogen and oxygen atoms in total. The Morgan fingerprint density at radius 3 is 2.31 bits per heavy atom. The molecule has 0 saturated carbocycles. The number of carbonyl (C=O) groups is 3. The van der Waals surface area contributed by atoms with Gasteiger partial charge in [0, 0.05) is 11.4 Å². The van der Waals surface area contributed by atoms with Gasteiger partial charge in [-0.2, -0.15) is 0 Å². The summed E-state index contributed by atoms with van der Waals surface area (Å²) < 4.78 is 12.9. The van der Waals surface area contributed by atoms with Gasteiger partial charge < -0.3 is 5.32 Å². The molecule has 1 N–H and O–H groups in total. The Labute approximate surface area is 150 Å². The van der Waals surface area contributed by atoms with Crippen LogP contribution >= 0.6 is 0 Å². The van der Waals surface area contributed by atoms with Gasteiger partial charge in [-0.3, -0.25) is 19.4 Å². The Morgan fingerprint density at radius 2 is 1.69 bits per heavy atom. The fourth-order valence-corrected chi connectivity index (χ4v) is 2.79. The maximum atomic E-state index is 12.9. The van der Waals surface area contributed by atoms with Crippen LogP contribution < -0.4 is 10.2 Å². The smallest absolute Gasteiger partial charge is 0.325 e. The summed E-state index contributed by atoms with van der Waals surface area (Å²) in [4.78, 5) is 39.5. The predicted molar refractivity (Wildman–Crippen MR) is 95.3 cm³/mol. The second-order valence-electron chi connectivity index (χ2n) is 6.14. The van der Waals surface area contributed by atoms with Crippen molar-refractivity contribution in [1.82, 2.24) is 4.90 Å². The second kappa shape index (κ2) is 6.95. The molecule has 4 amide bonds. The first-order valence-corrected chi connectivity index (χ1v) is 8.13. The molecule has 1 aliphatic rings. The van der Waals surface area contributed by atoms with Crippen LogP contribution in [0.3, 0.4) is 0 Å². The molecule has 26 heavy (non-hydrogen) atoms. The Balaban J connectivity index is 1.72. The number of aryl methyl sites for hydroxylation is 1. The molecule has 134 valence electrons. The second-order valence-corrected chi connectivity index (χ2v) is 6.14. The quantitative estimate of drug-likeness (QED) is 0.858. The van der Waals surface area contributed by atoms with E-state index in [1.807, 2.05) is 19.1 Å². The number of amides is 4. The average molecular weight is 355 g/mol. The molecule has 1 fully saturated rings. The average Bonchev–Trinajstić information content (AvgIpc) is 2.82. The van der Waals surface area contributed by atoms with Gasteiger partial charge in [-0.25, -0.2) is 9.18 Å². The van der Waals surface area contributed by atoms with Crippen LogP contribution in [-0.4, -0.2) is 35.3 Å². The molecule has 2 aromatic rings. The Bertz CT molecular complexity index is 849. The zero-order valence-electron chi connectivity index (χ0n) is 14.4. The number of hydrogen-bond acceptors (Lipinski definition) is 3. The van der Waals surface area contributed by atoms with Gasteiger partial charge in [-0.15, -0.1) is 0 Å². The highest BCUT2D eigenvalue weighted by atomic mass is 19.1. The minimum Gasteiger partial charge on any atom is -0.325 e. The number of nitrogens with zero attached hydrogens (tertiary/aromatic N) is 2. The maximum Gasteiger partial charge on any atom is 0.332 e. The van der Waals surface area contributed by atoms with Crippen LogP contribution in [-0.2, 0) is 9.59 Å². The summed E-state index contributed by atoms with van der Waals surface area (Å²) in [6, 6.07) is 11.2. The van der Waals surface area contributed by atoms with Gasteiger partial charge in [-0.1, -0.05) is 17.7 Å². The molecular weight excluding hydrogens is 337 g/mol. The van der Waals surface area contributed by atoms with Crippen LogP contribution in [0.2, 0.25) is 0 Å². The first-order chi connectivity index (χ1) is 12.4. The molecule has 1 atom stereocenters. The van der Waals surface area contributed by atoms with Crippen molar-refractivity contribution in [3.8, 4) is 0 Å². The van der Waals surface area contributed by atoms with Gasteiger partial charge in [0.2, 0.25) is 5.91 Å². The van der Waals surface area contributed by atoms with E-state index in [9.17, 15) is 18.8 Å². The number of nitrogens with one attached hydrogen (secondary N) is 1. The predicted octanol–water partition coefficient (Wildman–Crippen LogP) is 2.93. The third kappa shape index (κ3) is 3.42. The third-order valence-corrected chi connectivity index (χ3v) is 4.19. The SMILES string of the molecule is Cc1ccc(N2C(=O)N(CC(=O)Nc3ccc(F)cc3)C(=O)[C@@H]2C)cc1. The Morgan fingerprint density at radius 1 is 1.08 bits per heavy atom. The van der Waals surface area contributed by atoms with Crippen molar-refractivity contribution in [2.45, 2.75) is 19.9 Å². The number of halogens is 1. The molecular formula is C19H18FN3O3. The van der Waals surface area contributed by atoms with Crippen LogP contribution in [0.25, 0.3) is 0 Å². The molecule has 1 saturated heterocycles. The minimum absolute atomic E-state index is 0.388. The van der Waals surface area contributed by atoms with E-state index < -0.39 is 36.2 Å². The van der Waals surface area contributed by atoms with Crippen molar-refractivity contribution in [2.24, 2.45) is 0 Å². The Hall–Kier alpha value is -3.22. The molecule has 0 radical (unpaired) electrons. The van der Waals surface area contributed by atoms with Crippen molar-refractivity contribution in [1.29, 1.82) is 0 Å². The van der Waals surface area contributed by atoms with Gasteiger partial charge in [0.25, 0.3) is 5.91 Å². The van der Waals surface area contributed by atoms with Gasteiger partial charge >= 0.3 is 6.03 Å². The highest BCUT2D eigenvalue weighted by molar-refractivity contribution is 6.16. The lowest BCUT2D eigenvalue weighted by Crippen LogP contribution is -2.39. The van der Waals surface area contributed by atoms with E-state index in [2.05, 4.69) is 5.32 Å². The van der Waals surface area contributed by atoms with Crippen LogP contribution in [0.15, 0.2) is 48.5 Å². The lowest BCUT2D eigenvalue weighted by Gasteiger charge is -2.19. The number of carbonyl (C=O) groups excluding carboxylic acids is 3. The van der Waals surface area contributed by atoms with E-state index in [0.717, 1.165) is 10.5 Å². The number of rotatable bonds is 4. The van der Waals surface area contributed by atoms with Gasteiger partial charge in [-0.05, 0) is 50.2 Å². The number of hydrogen-bond donors (Lipinski definition) is 1. The molecule has 7 heteroatoms. The fourth-order valence-electron chi connectivity index (χ4n) is 2.79. The summed E-state index contributed by atoms with van der Waals surface area (Å²) in [7, 11) is 0. The summed E-state index contributed by atoms with van der Waals surface area (Å²) in [6.07, 6.45) is 0. The highest BCUT2D eigenvalue weighted by Gasteiger charge is 2.43. The summed E-state index contributed by atoms with van der Waals surface area (Å²) in [5.41, 5.74) is 2.02. The Kier molecular flexibility index (Phi) is 4.71. The van der Waals surface area contributed by atoms with Crippen molar-refractivity contribution < 1.29 is 18.8 Å². The lowest BCUT2D eigenvalue weighted by atomic mass is 10.2. The monoisotopic (exact) mass is 355 g/mol. The van der Waals surface area contributed by atoms with Crippen molar-refractivity contribution >= 4 is 29.2 Å². The maximum absolute atomic E-state index is 12.9. The van der Waals surface area contributed by atoms with Crippen molar-refractivity contribution in [3.63, 3.8) is 0 Å². The van der Waals surface area contributed by atoms with E-state index in [1.165, 1.54) is 29.2 Å². The summed E-state index contributed by atoms with van der Waals surface area (Å²) >= 11 is 0. The molecule has 3 rings (SSSR count).